The van der Waals surface area contributed by atoms with Gasteiger partial charge in [0.25, 0.3) is 0 Å². The van der Waals surface area contributed by atoms with Crippen LogP contribution in [0.2, 0.25) is 0 Å². The highest BCUT2D eigenvalue weighted by Crippen LogP contribution is 2.10. The van der Waals surface area contributed by atoms with Gasteiger partial charge in [-0.3, -0.25) is 0 Å². The molecule has 0 radical (unpaired) electrons. The van der Waals surface area contributed by atoms with E-state index in [1.165, 1.54) is 0 Å². The molecule has 0 aromatic carbocycles. The van der Waals surface area contributed by atoms with Crippen LogP contribution in [0.4, 0.5) is 0 Å². The Labute approximate surface area is 151 Å². The third-order valence-electron chi connectivity index (χ3n) is 2.60. The van der Waals surface area contributed by atoms with Crippen molar-refractivity contribution in [2.75, 3.05) is 13.1 Å². The van der Waals surface area contributed by atoms with Gasteiger partial charge in [-0.15, -0.1) is 24.0 Å². The van der Waals surface area contributed by atoms with Crippen molar-refractivity contribution >= 4 is 29.9 Å². The Morgan fingerprint density at radius 3 is 2.45 bits per heavy atom. The molecule has 0 spiro atoms. The minimum absolute atomic E-state index is 0. The van der Waals surface area contributed by atoms with E-state index < -0.39 is 0 Å². The molecule has 0 amide bonds. The molecular formula is C16H29IN4O. The van der Waals surface area contributed by atoms with Crippen LogP contribution in [0.25, 0.3) is 0 Å². The van der Waals surface area contributed by atoms with Crippen LogP contribution in [-0.4, -0.2) is 30.1 Å². The lowest BCUT2D eigenvalue weighted by molar-refractivity contribution is 0.232. The number of nitrogens with one attached hydrogen (secondary N) is 2. The number of hydrogen-bond acceptors (Lipinski definition) is 3. The van der Waals surface area contributed by atoms with Crippen LogP contribution in [0.15, 0.2) is 23.3 Å². The Bertz CT molecular complexity index is 432. The first kappa shape index (κ1) is 20.9. The molecule has 5 nitrogen and oxygen atoms in total. The highest BCUT2D eigenvalue weighted by molar-refractivity contribution is 14.0. The summed E-state index contributed by atoms with van der Waals surface area (Å²) in [4.78, 5) is 8.84. The summed E-state index contributed by atoms with van der Waals surface area (Å²) in [6.07, 6.45) is 1.95. The van der Waals surface area contributed by atoms with E-state index >= 15 is 0 Å². The summed E-state index contributed by atoms with van der Waals surface area (Å²) in [5, 5.41) is 6.56. The average molecular weight is 420 g/mol. The number of pyridine rings is 1. The molecular weight excluding hydrogens is 391 g/mol. The fourth-order valence-corrected chi connectivity index (χ4v) is 1.63. The SMILES string of the molecule is CCNC(=NCc1ccc(OC(C)C)nc1)NCC(C)C.I. The summed E-state index contributed by atoms with van der Waals surface area (Å²) < 4.78 is 5.53. The lowest BCUT2D eigenvalue weighted by atomic mass is 10.2. The van der Waals surface area contributed by atoms with Crippen LogP contribution in [0.3, 0.4) is 0 Å². The zero-order valence-corrected chi connectivity index (χ0v) is 16.5. The van der Waals surface area contributed by atoms with Crippen LogP contribution in [0.1, 0.15) is 40.2 Å². The number of ether oxygens (including phenoxy) is 1. The smallest absolute Gasteiger partial charge is 0.213 e. The molecule has 0 bridgehead atoms. The van der Waals surface area contributed by atoms with E-state index in [4.69, 9.17) is 4.74 Å². The molecule has 1 rings (SSSR count). The first-order valence-corrected chi connectivity index (χ1v) is 7.65. The summed E-state index contributed by atoms with van der Waals surface area (Å²) in [5.41, 5.74) is 1.06. The van der Waals surface area contributed by atoms with Gasteiger partial charge in [-0.05, 0) is 32.3 Å². The molecule has 1 aromatic heterocycles. The van der Waals surface area contributed by atoms with Crippen molar-refractivity contribution in [2.24, 2.45) is 10.9 Å². The minimum atomic E-state index is 0. The maximum Gasteiger partial charge on any atom is 0.213 e. The third-order valence-corrected chi connectivity index (χ3v) is 2.60. The highest BCUT2D eigenvalue weighted by Gasteiger charge is 2.01. The maximum absolute atomic E-state index is 5.53. The van der Waals surface area contributed by atoms with E-state index in [1.54, 1.807) is 0 Å². The molecule has 0 aliphatic rings. The Hall–Kier alpha value is -1.05. The van der Waals surface area contributed by atoms with E-state index in [2.05, 4.69) is 41.4 Å². The monoisotopic (exact) mass is 420 g/mol. The van der Waals surface area contributed by atoms with Gasteiger partial charge in [0.15, 0.2) is 5.96 Å². The van der Waals surface area contributed by atoms with Gasteiger partial charge in [0.05, 0.1) is 12.6 Å². The van der Waals surface area contributed by atoms with Crippen molar-refractivity contribution in [1.29, 1.82) is 0 Å². The third kappa shape index (κ3) is 9.07. The molecule has 0 saturated heterocycles. The molecule has 2 N–H and O–H groups in total. The largest absolute Gasteiger partial charge is 0.475 e. The molecule has 1 aromatic rings. The molecule has 0 atom stereocenters. The molecule has 6 heteroatoms. The quantitative estimate of drug-likeness (QED) is 0.404. The molecule has 0 aliphatic heterocycles. The van der Waals surface area contributed by atoms with Crippen LogP contribution in [0.5, 0.6) is 5.88 Å². The van der Waals surface area contributed by atoms with Gasteiger partial charge in [-0.1, -0.05) is 19.9 Å². The summed E-state index contributed by atoms with van der Waals surface area (Å²) in [6, 6.07) is 3.89. The van der Waals surface area contributed by atoms with Crippen LogP contribution in [-0.2, 0) is 6.54 Å². The number of aromatic nitrogens is 1. The van der Waals surface area contributed by atoms with Crippen LogP contribution in [0, 0.1) is 5.92 Å². The van der Waals surface area contributed by atoms with Crippen molar-refractivity contribution in [2.45, 2.75) is 47.3 Å². The van der Waals surface area contributed by atoms with Gasteiger partial charge in [0.1, 0.15) is 0 Å². The van der Waals surface area contributed by atoms with Crippen molar-refractivity contribution in [3.05, 3.63) is 23.9 Å². The van der Waals surface area contributed by atoms with Crippen molar-refractivity contribution in [3.63, 3.8) is 0 Å². The Balaban J connectivity index is 0.00000441. The number of rotatable bonds is 7. The Morgan fingerprint density at radius 1 is 1.23 bits per heavy atom. The van der Waals surface area contributed by atoms with Gasteiger partial charge < -0.3 is 15.4 Å². The number of nitrogens with zero attached hydrogens (tertiary/aromatic N) is 2. The molecule has 126 valence electrons. The molecule has 0 unspecified atom stereocenters. The van der Waals surface area contributed by atoms with E-state index in [9.17, 15) is 0 Å². The van der Waals surface area contributed by atoms with E-state index in [0.717, 1.165) is 24.6 Å². The van der Waals surface area contributed by atoms with E-state index in [1.807, 2.05) is 32.2 Å². The van der Waals surface area contributed by atoms with Gasteiger partial charge in [0.2, 0.25) is 5.88 Å². The summed E-state index contributed by atoms with van der Waals surface area (Å²) in [5.74, 6) is 2.08. The topological polar surface area (TPSA) is 58.5 Å². The Kier molecular flexibility index (Phi) is 11.0. The molecule has 0 saturated carbocycles. The fourth-order valence-electron chi connectivity index (χ4n) is 1.63. The van der Waals surface area contributed by atoms with Gasteiger partial charge >= 0.3 is 0 Å². The number of guanidine groups is 1. The van der Waals surface area contributed by atoms with E-state index in [0.29, 0.717) is 18.3 Å². The van der Waals surface area contributed by atoms with Crippen LogP contribution < -0.4 is 15.4 Å². The van der Waals surface area contributed by atoms with Crippen molar-refractivity contribution in [1.82, 2.24) is 15.6 Å². The standard InChI is InChI=1S/C16H28N4O.HI/c1-6-17-16(19-9-12(2)3)20-11-14-7-8-15(18-10-14)21-13(4)5;/h7-8,10,12-13H,6,9,11H2,1-5H3,(H2,17,19,20);1H. The summed E-state index contributed by atoms with van der Waals surface area (Å²) >= 11 is 0. The van der Waals surface area contributed by atoms with Gasteiger partial charge in [0, 0.05) is 25.4 Å². The minimum Gasteiger partial charge on any atom is -0.475 e. The highest BCUT2D eigenvalue weighted by atomic mass is 127. The molecule has 22 heavy (non-hydrogen) atoms. The zero-order valence-electron chi connectivity index (χ0n) is 14.2. The maximum atomic E-state index is 5.53. The summed E-state index contributed by atoms with van der Waals surface area (Å²) in [7, 11) is 0. The van der Waals surface area contributed by atoms with Gasteiger partial charge in [-0.25, -0.2) is 9.98 Å². The predicted molar refractivity (Wildman–Crippen MR) is 103 cm³/mol. The predicted octanol–water partition coefficient (Wildman–Crippen LogP) is 3.20. The molecule has 0 aliphatic carbocycles. The first-order valence-electron chi connectivity index (χ1n) is 7.65. The Morgan fingerprint density at radius 2 is 1.95 bits per heavy atom. The molecule has 1 heterocycles. The average Bonchev–Trinajstić information content (AvgIpc) is 2.43. The van der Waals surface area contributed by atoms with Crippen molar-refractivity contribution in [3.8, 4) is 5.88 Å². The van der Waals surface area contributed by atoms with Gasteiger partial charge in [-0.2, -0.15) is 0 Å². The zero-order chi connectivity index (χ0) is 15.7. The lowest BCUT2D eigenvalue weighted by Gasteiger charge is -2.13. The van der Waals surface area contributed by atoms with Crippen LogP contribution >= 0.6 is 24.0 Å². The van der Waals surface area contributed by atoms with Crippen molar-refractivity contribution < 1.29 is 4.74 Å². The number of aliphatic imine (C=N–C) groups is 1. The fraction of sp³-hybridized carbons (Fsp3) is 0.625. The second kappa shape index (κ2) is 11.5. The first-order chi connectivity index (χ1) is 10.0. The number of halogens is 1. The summed E-state index contributed by atoms with van der Waals surface area (Å²) in [6.45, 7) is 12.7. The normalized spacial score (nSPS) is 11.3. The number of hydrogen-bond donors (Lipinski definition) is 2. The molecule has 0 fully saturated rings. The van der Waals surface area contributed by atoms with E-state index in [-0.39, 0.29) is 30.1 Å². The second-order valence-corrected chi connectivity index (χ2v) is 5.64. The lowest BCUT2D eigenvalue weighted by Crippen LogP contribution is -2.39. The second-order valence-electron chi connectivity index (χ2n) is 5.64.